The molecule has 3 rings (SSSR count). The largest absolute Gasteiger partial charge is 0.371 e. The lowest BCUT2D eigenvalue weighted by molar-refractivity contribution is 0.189. The van der Waals surface area contributed by atoms with Crippen LogP contribution in [0.25, 0.3) is 0 Å². The van der Waals surface area contributed by atoms with Crippen molar-refractivity contribution in [1.29, 1.82) is 0 Å². The fraction of sp³-hybridized carbons (Fsp3) is 0.682. The molecule has 2 amide bonds. The van der Waals surface area contributed by atoms with E-state index in [0.29, 0.717) is 0 Å². The molecule has 1 aromatic carbocycles. The molecule has 5 heteroatoms. The van der Waals surface area contributed by atoms with Crippen LogP contribution in [0.3, 0.4) is 0 Å². The lowest BCUT2D eigenvalue weighted by Gasteiger charge is -2.34. The lowest BCUT2D eigenvalue weighted by Crippen LogP contribution is -2.48. The van der Waals surface area contributed by atoms with Gasteiger partial charge in [-0.05, 0) is 57.8 Å². The summed E-state index contributed by atoms with van der Waals surface area (Å²) in [7, 11) is 2.23. The Hall–Kier alpha value is -1.75. The number of hydrogen-bond donors (Lipinski definition) is 2. The van der Waals surface area contributed by atoms with Crippen LogP contribution in [-0.2, 0) is 0 Å². The van der Waals surface area contributed by atoms with Gasteiger partial charge in [0.25, 0.3) is 0 Å². The summed E-state index contributed by atoms with van der Waals surface area (Å²) < 4.78 is 0. The van der Waals surface area contributed by atoms with Gasteiger partial charge in [0.05, 0.1) is 0 Å². The van der Waals surface area contributed by atoms with E-state index < -0.39 is 0 Å². The van der Waals surface area contributed by atoms with Crippen molar-refractivity contribution in [2.45, 2.75) is 63.5 Å². The standard InChI is InChI=1S/C22H36N4O/c1-25(20-9-4-2-5-10-20)16-8-15-23-22(27)24-19-13-17-26(18-14-19)21-11-6-3-7-12-21/h3,6-7,11-12,19-20H,2,4-5,8-10,13-18H2,1H3,(H2,23,24,27). The third-order valence-electron chi connectivity index (χ3n) is 6.12. The first-order valence-corrected chi connectivity index (χ1v) is 10.8. The van der Waals surface area contributed by atoms with E-state index in [1.807, 2.05) is 0 Å². The predicted molar refractivity (Wildman–Crippen MR) is 112 cm³/mol. The van der Waals surface area contributed by atoms with E-state index in [1.54, 1.807) is 0 Å². The molecule has 0 atom stereocenters. The van der Waals surface area contributed by atoms with E-state index in [1.165, 1.54) is 37.8 Å². The number of anilines is 1. The summed E-state index contributed by atoms with van der Waals surface area (Å²) in [4.78, 5) is 17.0. The number of urea groups is 1. The average molecular weight is 373 g/mol. The Morgan fingerprint density at radius 2 is 1.78 bits per heavy atom. The molecular formula is C22H36N4O. The van der Waals surface area contributed by atoms with Gasteiger partial charge >= 0.3 is 6.03 Å². The smallest absolute Gasteiger partial charge is 0.315 e. The Balaban J connectivity index is 1.26. The molecule has 0 aromatic heterocycles. The van der Waals surface area contributed by atoms with E-state index in [4.69, 9.17) is 0 Å². The first-order chi connectivity index (χ1) is 13.2. The number of piperidine rings is 1. The van der Waals surface area contributed by atoms with Gasteiger partial charge in [0, 0.05) is 37.4 Å². The number of nitrogens with zero attached hydrogens (tertiary/aromatic N) is 2. The van der Waals surface area contributed by atoms with Crippen molar-refractivity contribution < 1.29 is 4.79 Å². The lowest BCUT2D eigenvalue weighted by atomic mass is 9.94. The molecule has 0 spiro atoms. The van der Waals surface area contributed by atoms with Gasteiger partial charge < -0.3 is 20.4 Å². The highest BCUT2D eigenvalue weighted by Crippen LogP contribution is 2.21. The van der Waals surface area contributed by atoms with Crippen LogP contribution in [0.15, 0.2) is 30.3 Å². The summed E-state index contributed by atoms with van der Waals surface area (Å²) in [5.41, 5.74) is 1.28. The van der Waals surface area contributed by atoms with Crippen molar-refractivity contribution in [3.8, 4) is 0 Å². The molecule has 2 fully saturated rings. The van der Waals surface area contributed by atoms with Crippen LogP contribution in [-0.4, -0.2) is 56.2 Å². The second kappa shape index (κ2) is 10.5. The number of amides is 2. The van der Waals surface area contributed by atoms with Gasteiger partial charge in [-0.25, -0.2) is 4.79 Å². The number of rotatable bonds is 7. The number of carbonyl (C=O) groups is 1. The molecule has 5 nitrogen and oxygen atoms in total. The van der Waals surface area contributed by atoms with E-state index >= 15 is 0 Å². The highest BCUT2D eigenvalue weighted by molar-refractivity contribution is 5.74. The Bertz CT molecular complexity index is 551. The maximum atomic E-state index is 12.2. The van der Waals surface area contributed by atoms with Gasteiger partial charge in [-0.3, -0.25) is 0 Å². The molecule has 0 unspecified atom stereocenters. The SMILES string of the molecule is CN(CCCNC(=O)NC1CCN(c2ccccc2)CC1)C1CCCCC1. The Kier molecular flexibility index (Phi) is 7.81. The molecule has 1 aliphatic heterocycles. The number of nitrogens with one attached hydrogen (secondary N) is 2. The second-order valence-corrected chi connectivity index (χ2v) is 8.12. The number of benzene rings is 1. The fourth-order valence-corrected chi connectivity index (χ4v) is 4.39. The topological polar surface area (TPSA) is 47.6 Å². The van der Waals surface area contributed by atoms with Gasteiger partial charge in [0.2, 0.25) is 0 Å². The molecule has 1 saturated heterocycles. The van der Waals surface area contributed by atoms with Crippen LogP contribution in [0.4, 0.5) is 10.5 Å². The van der Waals surface area contributed by atoms with Crippen LogP contribution in [0.1, 0.15) is 51.4 Å². The van der Waals surface area contributed by atoms with Gasteiger partial charge in [-0.15, -0.1) is 0 Å². The first-order valence-electron chi connectivity index (χ1n) is 10.8. The quantitative estimate of drug-likeness (QED) is 0.719. The van der Waals surface area contributed by atoms with Gasteiger partial charge in [-0.1, -0.05) is 37.5 Å². The third-order valence-corrected chi connectivity index (χ3v) is 6.12. The van der Waals surface area contributed by atoms with Crippen molar-refractivity contribution in [1.82, 2.24) is 15.5 Å². The van der Waals surface area contributed by atoms with E-state index in [-0.39, 0.29) is 12.1 Å². The molecule has 1 aliphatic carbocycles. The maximum absolute atomic E-state index is 12.2. The Morgan fingerprint density at radius 1 is 1.07 bits per heavy atom. The normalized spacial score (nSPS) is 19.3. The minimum atomic E-state index is -0.00604. The van der Waals surface area contributed by atoms with Crippen molar-refractivity contribution >= 4 is 11.7 Å². The summed E-state index contributed by atoms with van der Waals surface area (Å²) in [5.74, 6) is 0. The average Bonchev–Trinajstić information content (AvgIpc) is 2.73. The van der Waals surface area contributed by atoms with Crippen molar-refractivity contribution in [2.75, 3.05) is 38.1 Å². The molecule has 27 heavy (non-hydrogen) atoms. The molecule has 1 saturated carbocycles. The van der Waals surface area contributed by atoms with Crippen LogP contribution in [0.2, 0.25) is 0 Å². The Labute approximate surface area is 164 Å². The summed E-state index contributed by atoms with van der Waals surface area (Å²) in [5, 5.41) is 6.19. The maximum Gasteiger partial charge on any atom is 0.315 e. The monoisotopic (exact) mass is 372 g/mol. The molecule has 2 aliphatic rings. The van der Waals surface area contributed by atoms with Crippen molar-refractivity contribution in [2.24, 2.45) is 0 Å². The molecule has 1 aromatic rings. The summed E-state index contributed by atoms with van der Waals surface area (Å²) in [6.07, 6.45) is 9.86. The van der Waals surface area contributed by atoms with Crippen molar-refractivity contribution in [3.63, 3.8) is 0 Å². The molecule has 1 heterocycles. The second-order valence-electron chi connectivity index (χ2n) is 8.12. The van der Waals surface area contributed by atoms with Crippen LogP contribution >= 0.6 is 0 Å². The zero-order chi connectivity index (χ0) is 18.9. The Morgan fingerprint density at radius 3 is 2.48 bits per heavy atom. The number of carbonyl (C=O) groups excluding carboxylic acids is 1. The highest BCUT2D eigenvalue weighted by Gasteiger charge is 2.21. The molecular weight excluding hydrogens is 336 g/mol. The zero-order valence-corrected chi connectivity index (χ0v) is 16.8. The molecule has 150 valence electrons. The van der Waals surface area contributed by atoms with Gasteiger partial charge in [0.15, 0.2) is 0 Å². The van der Waals surface area contributed by atoms with E-state index in [9.17, 15) is 4.79 Å². The number of hydrogen-bond acceptors (Lipinski definition) is 3. The van der Waals surface area contributed by atoms with Crippen LogP contribution in [0.5, 0.6) is 0 Å². The third kappa shape index (κ3) is 6.42. The molecule has 0 radical (unpaired) electrons. The zero-order valence-electron chi connectivity index (χ0n) is 16.8. The van der Waals surface area contributed by atoms with E-state index in [0.717, 1.165) is 51.5 Å². The minimum absolute atomic E-state index is 0.00604. The predicted octanol–water partition coefficient (Wildman–Crippen LogP) is 3.61. The van der Waals surface area contributed by atoms with Crippen molar-refractivity contribution in [3.05, 3.63) is 30.3 Å². The summed E-state index contributed by atoms with van der Waals surface area (Å²) >= 11 is 0. The van der Waals surface area contributed by atoms with Gasteiger partial charge in [0.1, 0.15) is 0 Å². The van der Waals surface area contributed by atoms with Crippen LogP contribution < -0.4 is 15.5 Å². The fourth-order valence-electron chi connectivity index (χ4n) is 4.39. The van der Waals surface area contributed by atoms with Crippen LogP contribution in [0, 0.1) is 0 Å². The summed E-state index contributed by atoms with van der Waals surface area (Å²) in [6.45, 7) is 3.83. The minimum Gasteiger partial charge on any atom is -0.371 e. The molecule has 0 bridgehead atoms. The van der Waals surface area contributed by atoms with Gasteiger partial charge in [-0.2, -0.15) is 0 Å². The molecule has 2 N–H and O–H groups in total. The number of para-hydroxylation sites is 1. The highest BCUT2D eigenvalue weighted by atomic mass is 16.2. The van der Waals surface area contributed by atoms with E-state index in [2.05, 4.69) is 57.8 Å². The summed E-state index contributed by atoms with van der Waals surface area (Å²) in [6, 6.07) is 11.6. The first kappa shape index (κ1) is 20.0.